The molecule has 0 bridgehead atoms. The molecule has 80 valence electrons. The van der Waals surface area contributed by atoms with Gasteiger partial charge < -0.3 is 10.5 Å². The van der Waals surface area contributed by atoms with Gasteiger partial charge in [0.2, 0.25) is 0 Å². The molecule has 14 heavy (non-hydrogen) atoms. The summed E-state index contributed by atoms with van der Waals surface area (Å²) in [6, 6.07) is 0. The van der Waals surface area contributed by atoms with Gasteiger partial charge in [0.25, 0.3) is 0 Å². The minimum absolute atomic E-state index is 0.216. The fourth-order valence-corrected chi connectivity index (χ4v) is 3.21. The van der Waals surface area contributed by atoms with E-state index in [1.54, 1.807) is 0 Å². The Morgan fingerprint density at radius 3 is 2.21 bits per heavy atom. The zero-order valence-electron chi connectivity index (χ0n) is 8.79. The minimum Gasteiger partial charge on any atom is -0.468 e. The predicted octanol–water partition coefficient (Wildman–Crippen LogP) is 1.46. The Kier molecular flexibility index (Phi) is 2.52. The molecule has 0 radical (unpaired) electrons. The van der Waals surface area contributed by atoms with Gasteiger partial charge in [-0.2, -0.15) is 0 Å². The standard InChI is InChI=1S/C11H19NO2/c1-14-10(13)11(12)6-8-4-2-3-5-9(8)7-11/h8-9H,2-7,12H2,1H3. The smallest absolute Gasteiger partial charge is 0.325 e. The van der Waals surface area contributed by atoms with E-state index in [0.29, 0.717) is 11.8 Å². The van der Waals surface area contributed by atoms with E-state index in [4.69, 9.17) is 10.5 Å². The molecule has 2 atom stereocenters. The van der Waals surface area contributed by atoms with Gasteiger partial charge >= 0.3 is 5.97 Å². The van der Waals surface area contributed by atoms with Crippen LogP contribution in [0.2, 0.25) is 0 Å². The molecule has 0 aromatic heterocycles. The van der Waals surface area contributed by atoms with Crippen LogP contribution < -0.4 is 5.73 Å². The van der Waals surface area contributed by atoms with Gasteiger partial charge in [-0.1, -0.05) is 25.7 Å². The number of rotatable bonds is 1. The van der Waals surface area contributed by atoms with Gasteiger partial charge in [-0.25, -0.2) is 0 Å². The minimum atomic E-state index is -0.672. The normalized spacial score (nSPS) is 41.9. The van der Waals surface area contributed by atoms with Crippen LogP contribution in [0.1, 0.15) is 38.5 Å². The summed E-state index contributed by atoms with van der Waals surface area (Å²) in [4.78, 5) is 11.5. The van der Waals surface area contributed by atoms with E-state index in [-0.39, 0.29) is 5.97 Å². The Bertz CT molecular complexity index is 225. The van der Waals surface area contributed by atoms with Crippen molar-refractivity contribution in [2.75, 3.05) is 7.11 Å². The summed E-state index contributed by atoms with van der Waals surface area (Å²) in [5.41, 5.74) is 5.43. The van der Waals surface area contributed by atoms with E-state index in [1.807, 2.05) is 0 Å². The molecule has 0 spiro atoms. The summed E-state index contributed by atoms with van der Waals surface area (Å²) in [6.45, 7) is 0. The van der Waals surface area contributed by atoms with Gasteiger partial charge in [0, 0.05) is 0 Å². The maximum atomic E-state index is 11.5. The van der Waals surface area contributed by atoms with Crippen LogP contribution in [0.3, 0.4) is 0 Å². The quantitative estimate of drug-likeness (QED) is 0.647. The molecule has 2 aliphatic carbocycles. The van der Waals surface area contributed by atoms with Gasteiger partial charge in [0.1, 0.15) is 5.54 Å². The fraction of sp³-hybridized carbons (Fsp3) is 0.909. The monoisotopic (exact) mass is 197 g/mol. The molecule has 0 saturated heterocycles. The first kappa shape index (κ1) is 9.97. The molecule has 0 aliphatic heterocycles. The van der Waals surface area contributed by atoms with E-state index >= 15 is 0 Å². The van der Waals surface area contributed by atoms with E-state index < -0.39 is 5.54 Å². The van der Waals surface area contributed by atoms with Gasteiger partial charge in [-0.05, 0) is 24.7 Å². The Morgan fingerprint density at radius 1 is 1.29 bits per heavy atom. The molecule has 0 heterocycles. The van der Waals surface area contributed by atoms with E-state index in [2.05, 4.69) is 0 Å². The van der Waals surface area contributed by atoms with Crippen LogP contribution in [0.4, 0.5) is 0 Å². The summed E-state index contributed by atoms with van der Waals surface area (Å²) in [5.74, 6) is 1.13. The molecule has 0 aromatic rings. The van der Waals surface area contributed by atoms with E-state index in [0.717, 1.165) is 12.8 Å². The SMILES string of the molecule is COC(=O)C1(N)CC2CCCCC2C1. The highest BCUT2D eigenvalue weighted by molar-refractivity contribution is 5.81. The zero-order valence-corrected chi connectivity index (χ0v) is 8.79. The van der Waals surface area contributed by atoms with E-state index in [9.17, 15) is 4.79 Å². The van der Waals surface area contributed by atoms with Crippen molar-refractivity contribution >= 4 is 5.97 Å². The lowest BCUT2D eigenvalue weighted by molar-refractivity contribution is -0.147. The second-order valence-electron chi connectivity index (χ2n) is 4.86. The van der Waals surface area contributed by atoms with Gasteiger partial charge in [0.15, 0.2) is 0 Å². The Morgan fingerprint density at radius 2 is 1.79 bits per heavy atom. The van der Waals surface area contributed by atoms with Crippen molar-refractivity contribution in [2.24, 2.45) is 17.6 Å². The first-order chi connectivity index (χ1) is 6.65. The highest BCUT2D eigenvalue weighted by Gasteiger charge is 2.48. The number of nitrogens with two attached hydrogens (primary N) is 1. The second-order valence-corrected chi connectivity index (χ2v) is 4.86. The molecular weight excluding hydrogens is 178 g/mol. The number of fused-ring (bicyclic) bond motifs is 1. The van der Waals surface area contributed by atoms with Crippen molar-refractivity contribution in [1.82, 2.24) is 0 Å². The molecule has 2 unspecified atom stereocenters. The third kappa shape index (κ3) is 1.54. The fourth-order valence-electron chi connectivity index (χ4n) is 3.21. The summed E-state index contributed by atoms with van der Waals surface area (Å²) in [5, 5.41) is 0. The molecule has 2 N–H and O–H groups in total. The topological polar surface area (TPSA) is 52.3 Å². The van der Waals surface area contributed by atoms with Crippen molar-refractivity contribution in [3.63, 3.8) is 0 Å². The highest BCUT2D eigenvalue weighted by Crippen LogP contribution is 2.46. The molecule has 2 rings (SSSR count). The van der Waals surface area contributed by atoms with Crippen LogP contribution in [0.15, 0.2) is 0 Å². The van der Waals surface area contributed by atoms with Crippen LogP contribution in [0.25, 0.3) is 0 Å². The Labute approximate surface area is 85.0 Å². The largest absolute Gasteiger partial charge is 0.468 e. The first-order valence-electron chi connectivity index (χ1n) is 5.53. The molecule has 0 amide bonds. The van der Waals surface area contributed by atoms with Crippen molar-refractivity contribution in [3.8, 4) is 0 Å². The molecule has 2 saturated carbocycles. The average Bonchev–Trinajstić information content (AvgIpc) is 2.54. The Balaban J connectivity index is 2.07. The lowest BCUT2D eigenvalue weighted by Gasteiger charge is -2.23. The maximum Gasteiger partial charge on any atom is 0.325 e. The van der Waals surface area contributed by atoms with Gasteiger partial charge in [-0.3, -0.25) is 4.79 Å². The maximum absolute atomic E-state index is 11.5. The van der Waals surface area contributed by atoms with Crippen LogP contribution in [0.5, 0.6) is 0 Å². The lowest BCUT2D eigenvalue weighted by Crippen LogP contribution is -2.46. The van der Waals surface area contributed by atoms with Crippen LogP contribution in [0, 0.1) is 11.8 Å². The number of methoxy groups -OCH3 is 1. The summed E-state index contributed by atoms with van der Waals surface area (Å²) in [6.07, 6.45) is 6.78. The van der Waals surface area contributed by atoms with Crippen molar-refractivity contribution < 1.29 is 9.53 Å². The van der Waals surface area contributed by atoms with Crippen LogP contribution in [-0.2, 0) is 9.53 Å². The zero-order chi connectivity index (χ0) is 10.2. The van der Waals surface area contributed by atoms with E-state index in [1.165, 1.54) is 32.8 Å². The summed E-state index contributed by atoms with van der Waals surface area (Å²) < 4.78 is 4.78. The lowest BCUT2D eigenvalue weighted by atomic mass is 9.82. The molecule has 3 heteroatoms. The van der Waals surface area contributed by atoms with Crippen molar-refractivity contribution in [2.45, 2.75) is 44.1 Å². The number of hydrogen-bond acceptors (Lipinski definition) is 3. The molecular formula is C11H19NO2. The van der Waals surface area contributed by atoms with Crippen molar-refractivity contribution in [1.29, 1.82) is 0 Å². The van der Waals surface area contributed by atoms with Gasteiger partial charge in [0.05, 0.1) is 7.11 Å². The molecule has 2 fully saturated rings. The third-order valence-corrected chi connectivity index (χ3v) is 3.91. The predicted molar refractivity (Wildman–Crippen MR) is 53.6 cm³/mol. The number of ether oxygens (including phenoxy) is 1. The van der Waals surface area contributed by atoms with Crippen molar-refractivity contribution in [3.05, 3.63) is 0 Å². The highest BCUT2D eigenvalue weighted by atomic mass is 16.5. The number of hydrogen-bond donors (Lipinski definition) is 1. The summed E-state index contributed by atoms with van der Waals surface area (Å²) in [7, 11) is 1.43. The Hall–Kier alpha value is -0.570. The number of esters is 1. The first-order valence-corrected chi connectivity index (χ1v) is 5.53. The average molecular weight is 197 g/mol. The van der Waals surface area contributed by atoms with Gasteiger partial charge in [-0.15, -0.1) is 0 Å². The summed E-state index contributed by atoms with van der Waals surface area (Å²) >= 11 is 0. The third-order valence-electron chi connectivity index (χ3n) is 3.91. The molecule has 2 aliphatic rings. The molecule has 0 aromatic carbocycles. The van der Waals surface area contributed by atoms with Crippen LogP contribution >= 0.6 is 0 Å². The molecule has 3 nitrogen and oxygen atoms in total. The number of carbonyl (C=O) groups excluding carboxylic acids is 1. The second kappa shape index (κ2) is 3.54. The van der Waals surface area contributed by atoms with Crippen LogP contribution in [-0.4, -0.2) is 18.6 Å². The number of carbonyl (C=O) groups is 1.